The van der Waals surface area contributed by atoms with Crippen LogP contribution in [0.15, 0.2) is 33.8 Å². The molecule has 1 aliphatic heterocycles. The highest BCUT2D eigenvalue weighted by Crippen LogP contribution is 2.18. The first-order valence-corrected chi connectivity index (χ1v) is 9.35. The number of nitrogens with one attached hydrogen (secondary N) is 1. The minimum atomic E-state index is -3.06. The molecule has 0 bridgehead atoms. The van der Waals surface area contributed by atoms with Crippen LogP contribution in [0, 0.1) is 5.92 Å². The summed E-state index contributed by atoms with van der Waals surface area (Å²) >= 11 is 3.37. The molecular formula is C14H17BrN2O3S. The molecule has 114 valence electrons. The van der Waals surface area contributed by atoms with E-state index in [9.17, 15) is 13.2 Å². The third-order valence-electron chi connectivity index (χ3n) is 3.42. The van der Waals surface area contributed by atoms with Gasteiger partial charge in [0.25, 0.3) is 0 Å². The lowest BCUT2D eigenvalue weighted by molar-refractivity contribution is -0.124. The molecule has 0 radical (unpaired) electrons. The first-order chi connectivity index (χ1) is 9.91. The van der Waals surface area contributed by atoms with Crippen LogP contribution in [0.25, 0.3) is 0 Å². The SMILES string of the molecule is CC/C(=N/NC(=O)[C@H]1CCS(=O)(=O)C1)c1ccc(Br)cc1. The lowest BCUT2D eigenvalue weighted by Crippen LogP contribution is -2.28. The fourth-order valence-electron chi connectivity index (χ4n) is 2.21. The zero-order valence-corrected chi connectivity index (χ0v) is 14.1. The van der Waals surface area contributed by atoms with Gasteiger partial charge in [0, 0.05) is 4.47 Å². The second-order valence-electron chi connectivity index (χ2n) is 4.99. The summed E-state index contributed by atoms with van der Waals surface area (Å²) in [5.41, 5.74) is 4.19. The highest BCUT2D eigenvalue weighted by Gasteiger charge is 2.32. The van der Waals surface area contributed by atoms with E-state index < -0.39 is 15.8 Å². The van der Waals surface area contributed by atoms with Gasteiger partial charge < -0.3 is 0 Å². The minimum Gasteiger partial charge on any atom is -0.273 e. The van der Waals surface area contributed by atoms with Gasteiger partial charge in [0.15, 0.2) is 9.84 Å². The Morgan fingerprint density at radius 1 is 1.38 bits per heavy atom. The number of nitrogens with zero attached hydrogens (tertiary/aromatic N) is 1. The van der Waals surface area contributed by atoms with E-state index in [0.717, 1.165) is 15.7 Å². The van der Waals surface area contributed by atoms with Gasteiger partial charge in [0.05, 0.1) is 23.1 Å². The largest absolute Gasteiger partial charge is 0.273 e. The van der Waals surface area contributed by atoms with Gasteiger partial charge in [-0.1, -0.05) is 35.0 Å². The predicted octanol–water partition coefficient (Wildman–Crippen LogP) is 2.11. The Labute approximate surface area is 132 Å². The molecule has 5 nitrogen and oxygen atoms in total. The van der Waals surface area contributed by atoms with Crippen LogP contribution >= 0.6 is 15.9 Å². The van der Waals surface area contributed by atoms with Crippen molar-refractivity contribution < 1.29 is 13.2 Å². The van der Waals surface area contributed by atoms with E-state index in [4.69, 9.17) is 0 Å². The predicted molar refractivity (Wildman–Crippen MR) is 85.9 cm³/mol. The first kappa shape index (κ1) is 16.2. The molecule has 0 unspecified atom stereocenters. The number of carbonyl (C=O) groups excluding carboxylic acids is 1. The molecule has 1 heterocycles. The molecule has 1 atom stereocenters. The van der Waals surface area contributed by atoms with Crippen molar-refractivity contribution in [1.82, 2.24) is 5.43 Å². The molecule has 7 heteroatoms. The fraction of sp³-hybridized carbons (Fsp3) is 0.429. The highest BCUT2D eigenvalue weighted by molar-refractivity contribution is 9.10. The molecule has 1 saturated heterocycles. The topological polar surface area (TPSA) is 75.6 Å². The second-order valence-corrected chi connectivity index (χ2v) is 8.14. The molecule has 2 rings (SSSR count). The summed E-state index contributed by atoms with van der Waals surface area (Å²) in [6.45, 7) is 1.95. The summed E-state index contributed by atoms with van der Waals surface area (Å²) in [4.78, 5) is 11.9. The number of amides is 1. The summed E-state index contributed by atoms with van der Waals surface area (Å²) in [7, 11) is -3.06. The standard InChI is InChI=1S/C14H17BrN2O3S/c1-2-13(10-3-5-12(15)6-4-10)16-17-14(18)11-7-8-21(19,20)9-11/h3-6,11H,2,7-9H2,1H3,(H,17,18)/b16-13-/t11-/m0/s1. The van der Waals surface area contributed by atoms with Crippen molar-refractivity contribution in [3.8, 4) is 0 Å². The van der Waals surface area contributed by atoms with Gasteiger partial charge in [-0.2, -0.15) is 5.10 Å². The van der Waals surface area contributed by atoms with Crippen LogP contribution in [0.3, 0.4) is 0 Å². The Morgan fingerprint density at radius 2 is 2.05 bits per heavy atom. The zero-order chi connectivity index (χ0) is 15.5. The maximum Gasteiger partial charge on any atom is 0.244 e. The Kier molecular flexibility index (Phi) is 5.16. The van der Waals surface area contributed by atoms with Crippen molar-refractivity contribution in [2.75, 3.05) is 11.5 Å². The van der Waals surface area contributed by atoms with E-state index in [1.165, 1.54) is 0 Å². The minimum absolute atomic E-state index is 0.0753. The van der Waals surface area contributed by atoms with Crippen molar-refractivity contribution in [1.29, 1.82) is 0 Å². The normalized spacial score (nSPS) is 21.2. The third kappa shape index (κ3) is 4.38. The molecule has 1 fully saturated rings. The number of carbonyl (C=O) groups is 1. The molecule has 0 saturated carbocycles. The van der Waals surface area contributed by atoms with E-state index in [-0.39, 0.29) is 17.4 Å². The summed E-state index contributed by atoms with van der Waals surface area (Å²) in [6.07, 6.45) is 1.05. The molecule has 1 amide bonds. The molecule has 1 aliphatic rings. The number of rotatable bonds is 4. The summed E-state index contributed by atoms with van der Waals surface area (Å²) < 4.78 is 23.7. The Balaban J connectivity index is 2.04. The molecule has 0 spiro atoms. The maximum absolute atomic E-state index is 11.9. The molecule has 0 aromatic heterocycles. The lowest BCUT2D eigenvalue weighted by atomic mass is 10.1. The van der Waals surface area contributed by atoms with Gasteiger partial charge in [0.2, 0.25) is 5.91 Å². The smallest absolute Gasteiger partial charge is 0.244 e. The molecule has 1 N–H and O–H groups in total. The van der Waals surface area contributed by atoms with Crippen LogP contribution in [-0.2, 0) is 14.6 Å². The van der Waals surface area contributed by atoms with Crippen molar-refractivity contribution in [2.24, 2.45) is 11.0 Å². The number of sulfone groups is 1. The van der Waals surface area contributed by atoms with Crippen LogP contribution in [0.1, 0.15) is 25.3 Å². The monoisotopic (exact) mass is 372 g/mol. The number of hydrogen-bond donors (Lipinski definition) is 1. The summed E-state index contributed by atoms with van der Waals surface area (Å²) in [6, 6.07) is 7.65. The molecule has 1 aromatic carbocycles. The van der Waals surface area contributed by atoms with Gasteiger partial charge in [-0.05, 0) is 30.5 Å². The van der Waals surface area contributed by atoms with Crippen molar-refractivity contribution in [3.63, 3.8) is 0 Å². The van der Waals surface area contributed by atoms with E-state index in [0.29, 0.717) is 12.8 Å². The van der Waals surface area contributed by atoms with Gasteiger partial charge in [-0.15, -0.1) is 0 Å². The van der Waals surface area contributed by atoms with Crippen molar-refractivity contribution >= 4 is 37.4 Å². The van der Waals surface area contributed by atoms with Crippen LogP contribution < -0.4 is 5.43 Å². The Bertz CT molecular complexity index is 653. The summed E-state index contributed by atoms with van der Waals surface area (Å²) in [5.74, 6) is -0.795. The molecule has 21 heavy (non-hydrogen) atoms. The second kappa shape index (κ2) is 6.70. The van der Waals surface area contributed by atoms with Gasteiger partial charge in [0.1, 0.15) is 0 Å². The third-order valence-corrected chi connectivity index (χ3v) is 5.71. The molecular weight excluding hydrogens is 356 g/mol. The van der Waals surface area contributed by atoms with E-state index in [2.05, 4.69) is 26.5 Å². The van der Waals surface area contributed by atoms with E-state index >= 15 is 0 Å². The lowest BCUT2D eigenvalue weighted by Gasteiger charge is -2.08. The van der Waals surface area contributed by atoms with Crippen LogP contribution in [0.4, 0.5) is 0 Å². The van der Waals surface area contributed by atoms with E-state index in [1.807, 2.05) is 31.2 Å². The number of halogens is 1. The van der Waals surface area contributed by atoms with Gasteiger partial charge in [-0.25, -0.2) is 13.8 Å². The average molecular weight is 373 g/mol. The van der Waals surface area contributed by atoms with Crippen LogP contribution in [0.2, 0.25) is 0 Å². The number of benzene rings is 1. The quantitative estimate of drug-likeness (QED) is 0.649. The van der Waals surface area contributed by atoms with Crippen molar-refractivity contribution in [3.05, 3.63) is 34.3 Å². The van der Waals surface area contributed by atoms with Crippen LogP contribution in [-0.4, -0.2) is 31.5 Å². The Hall–Kier alpha value is -1.21. The number of hydrazone groups is 1. The molecule has 0 aliphatic carbocycles. The zero-order valence-electron chi connectivity index (χ0n) is 11.7. The first-order valence-electron chi connectivity index (χ1n) is 6.74. The van der Waals surface area contributed by atoms with Gasteiger partial charge in [-0.3, -0.25) is 4.79 Å². The average Bonchev–Trinajstić information content (AvgIpc) is 2.81. The Morgan fingerprint density at radius 3 is 2.57 bits per heavy atom. The van der Waals surface area contributed by atoms with E-state index in [1.54, 1.807) is 0 Å². The highest BCUT2D eigenvalue weighted by atomic mass is 79.9. The number of hydrogen-bond acceptors (Lipinski definition) is 4. The maximum atomic E-state index is 11.9. The fourth-order valence-corrected chi connectivity index (χ4v) is 4.21. The summed E-state index contributed by atoms with van der Waals surface area (Å²) in [5, 5.41) is 4.14. The van der Waals surface area contributed by atoms with Gasteiger partial charge >= 0.3 is 0 Å². The molecule has 1 aromatic rings. The van der Waals surface area contributed by atoms with Crippen molar-refractivity contribution in [2.45, 2.75) is 19.8 Å². The van der Waals surface area contributed by atoms with Crippen LogP contribution in [0.5, 0.6) is 0 Å².